The summed E-state index contributed by atoms with van der Waals surface area (Å²) in [6, 6.07) is -3.07. The number of aliphatic carboxylic acids is 5. The summed E-state index contributed by atoms with van der Waals surface area (Å²) in [5, 5.41) is 50.1. The number of hydrogen-bond acceptors (Lipinski definition) is 9. The summed E-state index contributed by atoms with van der Waals surface area (Å²) >= 11 is 0. The fourth-order valence-electron chi connectivity index (χ4n) is 3.10. The Morgan fingerprint density at radius 3 is 1.56 bits per heavy atom. The largest absolute Gasteiger partial charge is 0.481 e. The van der Waals surface area contributed by atoms with Crippen molar-refractivity contribution >= 4 is 41.7 Å². The van der Waals surface area contributed by atoms with E-state index in [0.29, 0.717) is 6.42 Å². The van der Waals surface area contributed by atoms with Crippen LogP contribution in [0.1, 0.15) is 39.0 Å². The Balaban J connectivity index is 5.47. The minimum Gasteiger partial charge on any atom is -0.481 e. The maximum absolute atomic E-state index is 12.3. The van der Waals surface area contributed by atoms with Gasteiger partial charge in [0.05, 0.1) is 12.8 Å². The number of carbonyl (C=O) groups excluding carboxylic acids is 2. The Bertz CT molecular complexity index is 834. The molecule has 0 aliphatic carbocycles. The van der Waals surface area contributed by atoms with Crippen LogP contribution in [-0.2, 0) is 33.6 Å². The van der Waals surface area contributed by atoms with Crippen molar-refractivity contribution in [2.75, 3.05) is 26.7 Å². The second kappa shape index (κ2) is 16.0. The van der Waals surface area contributed by atoms with E-state index < -0.39 is 79.2 Å². The molecule has 0 aromatic carbocycles. The number of carboxylic acid groups (broad SMARTS) is 5. The summed E-state index contributed by atoms with van der Waals surface area (Å²) in [5.41, 5.74) is 0. The van der Waals surface area contributed by atoms with Gasteiger partial charge in [-0.1, -0.05) is 6.92 Å². The predicted molar refractivity (Wildman–Crippen MR) is 119 cm³/mol. The van der Waals surface area contributed by atoms with Crippen LogP contribution in [0, 0.1) is 0 Å². The number of likely N-dealkylation sites (N-methyl/N-ethyl adjacent to an activating group) is 1. The summed E-state index contributed by atoms with van der Waals surface area (Å²) in [5.74, 6) is -8.84. The third kappa shape index (κ3) is 12.6. The highest BCUT2D eigenvalue weighted by molar-refractivity contribution is 5.88. The molecule has 0 spiro atoms. The molecular formula is C20H32N4O12. The number of nitrogens with one attached hydrogen (secondary N) is 2. The van der Waals surface area contributed by atoms with E-state index in [2.05, 4.69) is 10.6 Å². The minimum atomic E-state index is -1.74. The lowest BCUT2D eigenvalue weighted by molar-refractivity contribution is -0.151. The van der Waals surface area contributed by atoms with Crippen molar-refractivity contribution in [2.45, 2.75) is 57.3 Å². The summed E-state index contributed by atoms with van der Waals surface area (Å²) in [6.45, 7) is 0.874. The Morgan fingerprint density at radius 1 is 0.667 bits per heavy atom. The molecule has 0 heterocycles. The molecule has 0 saturated heterocycles. The fourth-order valence-corrected chi connectivity index (χ4v) is 3.10. The normalized spacial score (nSPS) is 13.4. The van der Waals surface area contributed by atoms with E-state index in [9.17, 15) is 48.9 Å². The zero-order chi connectivity index (χ0) is 28.0. The first-order chi connectivity index (χ1) is 16.7. The highest BCUT2D eigenvalue weighted by atomic mass is 16.4. The van der Waals surface area contributed by atoms with E-state index in [0.717, 1.165) is 9.80 Å². The molecule has 36 heavy (non-hydrogen) atoms. The minimum absolute atomic E-state index is 0.0235. The smallest absolute Gasteiger partial charge is 0.347 e. The van der Waals surface area contributed by atoms with Crippen molar-refractivity contribution in [1.29, 1.82) is 0 Å². The third-order valence-corrected chi connectivity index (χ3v) is 4.98. The highest BCUT2D eigenvalue weighted by Gasteiger charge is 2.31. The Labute approximate surface area is 205 Å². The predicted octanol–water partition coefficient (Wildman–Crippen LogP) is -2.09. The standard InChI is InChI=1S/C20H32N4O12/c1-3-4-13(25)21-17(20(35)36)22-14(26)5-6-24(12(19(33)34)10-16(29)30)8-7-23(2)11(18(31)32)9-15(27)28/h11-12,17H,3-10H2,1-2H3,(H,21,25)(H,22,26)(H,27,28)(H,29,30)(H,31,32)(H,33,34)(H,35,36)/t11-,12-,17?/m1/s1. The molecule has 0 bridgehead atoms. The van der Waals surface area contributed by atoms with Crippen LogP contribution in [0.5, 0.6) is 0 Å². The van der Waals surface area contributed by atoms with Crippen LogP contribution in [0.4, 0.5) is 0 Å². The van der Waals surface area contributed by atoms with E-state index in [4.69, 9.17) is 10.2 Å². The molecule has 0 aliphatic rings. The average molecular weight is 520 g/mol. The molecule has 0 fully saturated rings. The fraction of sp³-hybridized carbons (Fsp3) is 0.650. The van der Waals surface area contributed by atoms with Gasteiger partial charge in [0.1, 0.15) is 12.1 Å². The van der Waals surface area contributed by atoms with Crippen molar-refractivity contribution in [3.63, 3.8) is 0 Å². The van der Waals surface area contributed by atoms with Crippen LogP contribution in [0.25, 0.3) is 0 Å². The van der Waals surface area contributed by atoms with E-state index in [-0.39, 0.29) is 26.1 Å². The summed E-state index contributed by atoms with van der Waals surface area (Å²) < 4.78 is 0. The van der Waals surface area contributed by atoms with Gasteiger partial charge < -0.3 is 36.2 Å². The molecule has 0 aliphatic heterocycles. The van der Waals surface area contributed by atoms with Crippen molar-refractivity contribution in [1.82, 2.24) is 20.4 Å². The monoisotopic (exact) mass is 520 g/mol. The molecule has 0 aromatic heterocycles. The molecule has 0 aromatic rings. The van der Waals surface area contributed by atoms with Crippen molar-refractivity contribution in [2.24, 2.45) is 0 Å². The zero-order valence-corrected chi connectivity index (χ0v) is 19.9. The lowest BCUT2D eigenvalue weighted by Gasteiger charge is -2.31. The van der Waals surface area contributed by atoms with Gasteiger partial charge >= 0.3 is 29.8 Å². The van der Waals surface area contributed by atoms with Crippen LogP contribution in [0.3, 0.4) is 0 Å². The van der Waals surface area contributed by atoms with E-state index in [1.165, 1.54) is 7.05 Å². The quantitative estimate of drug-likeness (QED) is 0.0902. The number of hydrogen-bond donors (Lipinski definition) is 7. The first-order valence-corrected chi connectivity index (χ1v) is 10.8. The molecule has 16 heteroatoms. The number of rotatable bonds is 19. The van der Waals surface area contributed by atoms with Gasteiger partial charge in [-0.2, -0.15) is 0 Å². The Morgan fingerprint density at radius 2 is 1.14 bits per heavy atom. The maximum Gasteiger partial charge on any atom is 0.347 e. The van der Waals surface area contributed by atoms with E-state index >= 15 is 0 Å². The topological polar surface area (TPSA) is 251 Å². The number of carboxylic acids is 5. The van der Waals surface area contributed by atoms with Gasteiger partial charge in [-0.05, 0) is 13.5 Å². The first kappa shape index (κ1) is 32.2. The third-order valence-electron chi connectivity index (χ3n) is 4.98. The van der Waals surface area contributed by atoms with Crippen LogP contribution in [-0.4, -0.2) is 122 Å². The van der Waals surface area contributed by atoms with Crippen molar-refractivity contribution < 1.29 is 59.1 Å². The molecule has 0 rings (SSSR count). The number of amides is 2. The van der Waals surface area contributed by atoms with Crippen LogP contribution in [0.15, 0.2) is 0 Å². The van der Waals surface area contributed by atoms with Gasteiger partial charge in [0, 0.05) is 32.5 Å². The molecular weight excluding hydrogens is 488 g/mol. The highest BCUT2D eigenvalue weighted by Crippen LogP contribution is 2.10. The molecule has 0 radical (unpaired) electrons. The lowest BCUT2D eigenvalue weighted by atomic mass is 10.1. The van der Waals surface area contributed by atoms with Gasteiger partial charge in [0.15, 0.2) is 0 Å². The van der Waals surface area contributed by atoms with Gasteiger partial charge in [-0.15, -0.1) is 0 Å². The van der Waals surface area contributed by atoms with Gasteiger partial charge in [0.2, 0.25) is 18.0 Å². The first-order valence-electron chi connectivity index (χ1n) is 10.8. The SMILES string of the molecule is CCCC(=O)NC(NC(=O)CCN(CCN(C)[C@H](CC(=O)O)C(=O)O)[C@H](CC(=O)O)C(=O)O)C(=O)O. The Hall–Kier alpha value is -3.79. The van der Waals surface area contributed by atoms with Gasteiger partial charge in [-0.25, -0.2) is 4.79 Å². The van der Waals surface area contributed by atoms with E-state index in [1.54, 1.807) is 6.92 Å². The molecule has 2 amide bonds. The van der Waals surface area contributed by atoms with Crippen LogP contribution < -0.4 is 10.6 Å². The molecule has 204 valence electrons. The van der Waals surface area contributed by atoms with Crippen LogP contribution in [0.2, 0.25) is 0 Å². The molecule has 16 nitrogen and oxygen atoms in total. The molecule has 1 unspecified atom stereocenters. The molecule has 0 saturated carbocycles. The van der Waals surface area contributed by atoms with Crippen molar-refractivity contribution in [3.8, 4) is 0 Å². The maximum atomic E-state index is 12.3. The number of nitrogens with zero attached hydrogens (tertiary/aromatic N) is 2. The summed E-state index contributed by atoms with van der Waals surface area (Å²) in [6.07, 6.45) is -3.37. The molecule has 7 N–H and O–H groups in total. The average Bonchev–Trinajstić information content (AvgIpc) is 2.75. The van der Waals surface area contributed by atoms with Gasteiger partial charge in [0.25, 0.3) is 0 Å². The second-order valence-electron chi connectivity index (χ2n) is 7.83. The van der Waals surface area contributed by atoms with E-state index in [1.807, 2.05) is 0 Å². The Kier molecular flexibility index (Phi) is 14.3. The zero-order valence-electron chi connectivity index (χ0n) is 19.9. The van der Waals surface area contributed by atoms with Crippen LogP contribution >= 0.6 is 0 Å². The second-order valence-corrected chi connectivity index (χ2v) is 7.83. The summed E-state index contributed by atoms with van der Waals surface area (Å²) in [7, 11) is 1.29. The lowest BCUT2D eigenvalue weighted by Crippen LogP contribution is -2.54. The van der Waals surface area contributed by atoms with Crippen molar-refractivity contribution in [3.05, 3.63) is 0 Å². The van der Waals surface area contributed by atoms with Gasteiger partial charge in [-0.3, -0.25) is 38.6 Å². The number of carbonyl (C=O) groups is 7. The molecule has 3 atom stereocenters. The summed E-state index contributed by atoms with van der Waals surface area (Å²) in [4.78, 5) is 82.7.